The van der Waals surface area contributed by atoms with E-state index in [1.807, 2.05) is 0 Å². The summed E-state index contributed by atoms with van der Waals surface area (Å²) >= 11 is 0. The number of alkyl halides is 3. The molecule has 1 aromatic carbocycles. The Morgan fingerprint density at radius 3 is 2.42 bits per heavy atom. The van der Waals surface area contributed by atoms with Crippen molar-refractivity contribution in [3.63, 3.8) is 0 Å². The second kappa shape index (κ2) is 6.82. The Morgan fingerprint density at radius 2 is 1.89 bits per heavy atom. The predicted octanol–water partition coefficient (Wildman–Crippen LogP) is 2.81. The van der Waals surface area contributed by atoms with Gasteiger partial charge in [0.05, 0.1) is 5.56 Å². The van der Waals surface area contributed by atoms with Crippen LogP contribution in [0.25, 0.3) is 0 Å². The first kappa shape index (κ1) is 15.1. The van der Waals surface area contributed by atoms with Crippen LogP contribution in [0.3, 0.4) is 0 Å². The molecular weight excluding hydrogens is 257 g/mol. The van der Waals surface area contributed by atoms with Crippen LogP contribution in [0.5, 0.6) is 0 Å². The van der Waals surface area contributed by atoms with Gasteiger partial charge in [0.15, 0.2) is 0 Å². The van der Waals surface area contributed by atoms with Gasteiger partial charge in [0.1, 0.15) is 0 Å². The molecule has 2 N–H and O–H groups in total. The Hall–Kier alpha value is -1.98. The summed E-state index contributed by atoms with van der Waals surface area (Å²) in [4.78, 5) is 11.2. The standard InChI is InChI=1S/C13H15F3N2O/c1-2-8-18-12(19)7-9-17-11-5-3-10(4-6-11)13(14,15)16/h2-6,17H,1,7-9H2,(H,18,19). The molecule has 0 aliphatic heterocycles. The third-order valence-electron chi connectivity index (χ3n) is 2.34. The smallest absolute Gasteiger partial charge is 0.385 e. The molecular formula is C13H15F3N2O. The first-order valence-corrected chi connectivity index (χ1v) is 5.72. The van der Waals surface area contributed by atoms with Gasteiger partial charge < -0.3 is 10.6 Å². The van der Waals surface area contributed by atoms with Gasteiger partial charge in [0.25, 0.3) is 0 Å². The minimum Gasteiger partial charge on any atom is -0.385 e. The van der Waals surface area contributed by atoms with Crippen molar-refractivity contribution in [1.29, 1.82) is 0 Å². The molecule has 0 unspecified atom stereocenters. The lowest BCUT2D eigenvalue weighted by molar-refractivity contribution is -0.137. The van der Waals surface area contributed by atoms with E-state index < -0.39 is 11.7 Å². The second-order valence-corrected chi connectivity index (χ2v) is 3.84. The molecule has 0 aromatic heterocycles. The van der Waals surface area contributed by atoms with E-state index in [1.54, 1.807) is 6.08 Å². The topological polar surface area (TPSA) is 41.1 Å². The van der Waals surface area contributed by atoms with Gasteiger partial charge in [-0.1, -0.05) is 6.08 Å². The van der Waals surface area contributed by atoms with Crippen molar-refractivity contribution in [2.75, 3.05) is 18.4 Å². The van der Waals surface area contributed by atoms with Gasteiger partial charge in [-0.3, -0.25) is 4.79 Å². The second-order valence-electron chi connectivity index (χ2n) is 3.84. The number of rotatable bonds is 6. The van der Waals surface area contributed by atoms with Crippen molar-refractivity contribution in [1.82, 2.24) is 5.32 Å². The molecule has 19 heavy (non-hydrogen) atoms. The molecule has 0 radical (unpaired) electrons. The number of hydrogen-bond donors (Lipinski definition) is 2. The van der Waals surface area contributed by atoms with E-state index in [2.05, 4.69) is 17.2 Å². The molecule has 0 fully saturated rings. The summed E-state index contributed by atoms with van der Waals surface area (Å²) in [5, 5.41) is 5.48. The zero-order valence-corrected chi connectivity index (χ0v) is 10.3. The molecule has 6 heteroatoms. The molecule has 0 spiro atoms. The number of carbonyl (C=O) groups is 1. The number of anilines is 1. The number of halogens is 3. The first-order chi connectivity index (χ1) is 8.93. The summed E-state index contributed by atoms with van der Waals surface area (Å²) in [6, 6.07) is 4.68. The minimum atomic E-state index is -4.33. The summed E-state index contributed by atoms with van der Waals surface area (Å²) in [6.45, 7) is 4.22. The fraction of sp³-hybridized carbons (Fsp3) is 0.308. The highest BCUT2D eigenvalue weighted by molar-refractivity contribution is 5.76. The van der Waals surface area contributed by atoms with Gasteiger partial charge in [-0.2, -0.15) is 13.2 Å². The van der Waals surface area contributed by atoms with Crippen LogP contribution in [-0.4, -0.2) is 19.0 Å². The highest BCUT2D eigenvalue weighted by Crippen LogP contribution is 2.29. The molecule has 0 saturated heterocycles. The largest absolute Gasteiger partial charge is 0.416 e. The predicted molar refractivity (Wildman–Crippen MR) is 67.8 cm³/mol. The molecule has 0 aliphatic carbocycles. The molecule has 0 heterocycles. The molecule has 3 nitrogen and oxygen atoms in total. The van der Waals surface area contributed by atoms with Crippen LogP contribution in [0.4, 0.5) is 18.9 Å². The van der Waals surface area contributed by atoms with Crippen molar-refractivity contribution in [2.45, 2.75) is 12.6 Å². The average Bonchev–Trinajstić information content (AvgIpc) is 2.36. The monoisotopic (exact) mass is 272 g/mol. The fourth-order valence-electron chi connectivity index (χ4n) is 1.37. The summed E-state index contributed by atoms with van der Waals surface area (Å²) in [5.74, 6) is -0.140. The fourth-order valence-corrected chi connectivity index (χ4v) is 1.37. The van der Waals surface area contributed by atoms with Crippen LogP contribution in [0.15, 0.2) is 36.9 Å². The van der Waals surface area contributed by atoms with E-state index in [-0.39, 0.29) is 12.3 Å². The molecule has 0 atom stereocenters. The Morgan fingerprint density at radius 1 is 1.26 bits per heavy atom. The number of nitrogens with one attached hydrogen (secondary N) is 2. The summed E-state index contributed by atoms with van der Waals surface area (Å²) in [7, 11) is 0. The normalized spacial score (nSPS) is 10.9. The van der Waals surface area contributed by atoms with Gasteiger partial charge in [-0.05, 0) is 24.3 Å². The quantitative estimate of drug-likeness (QED) is 0.782. The zero-order chi connectivity index (χ0) is 14.3. The number of carbonyl (C=O) groups excluding carboxylic acids is 1. The maximum atomic E-state index is 12.3. The van der Waals surface area contributed by atoms with E-state index in [4.69, 9.17) is 0 Å². The lowest BCUT2D eigenvalue weighted by atomic mass is 10.2. The minimum absolute atomic E-state index is 0.140. The first-order valence-electron chi connectivity index (χ1n) is 5.72. The SMILES string of the molecule is C=CCNC(=O)CCNc1ccc(C(F)(F)F)cc1. The zero-order valence-electron chi connectivity index (χ0n) is 10.3. The Balaban J connectivity index is 2.38. The summed E-state index contributed by atoms with van der Waals surface area (Å²) < 4.78 is 36.9. The summed E-state index contributed by atoms with van der Waals surface area (Å²) in [6.07, 6.45) is -2.51. The van der Waals surface area contributed by atoms with E-state index in [1.165, 1.54) is 12.1 Å². The van der Waals surface area contributed by atoms with Crippen LogP contribution < -0.4 is 10.6 Å². The van der Waals surface area contributed by atoms with Gasteiger partial charge in [-0.15, -0.1) is 6.58 Å². The van der Waals surface area contributed by atoms with Crippen LogP contribution in [0.2, 0.25) is 0 Å². The maximum Gasteiger partial charge on any atom is 0.416 e. The van der Waals surface area contributed by atoms with Crippen molar-refractivity contribution in [3.05, 3.63) is 42.5 Å². The van der Waals surface area contributed by atoms with E-state index >= 15 is 0 Å². The van der Waals surface area contributed by atoms with Gasteiger partial charge in [-0.25, -0.2) is 0 Å². The maximum absolute atomic E-state index is 12.3. The average molecular weight is 272 g/mol. The molecule has 1 aromatic rings. The van der Waals surface area contributed by atoms with Gasteiger partial charge >= 0.3 is 6.18 Å². The Bertz CT molecular complexity index is 427. The Kier molecular flexibility index (Phi) is 5.41. The molecule has 1 rings (SSSR count). The van der Waals surface area contributed by atoms with Crippen molar-refractivity contribution in [2.24, 2.45) is 0 Å². The molecule has 104 valence electrons. The number of amides is 1. The molecule has 0 saturated carbocycles. The van der Waals surface area contributed by atoms with Crippen LogP contribution in [0, 0.1) is 0 Å². The lowest BCUT2D eigenvalue weighted by Gasteiger charge is -2.09. The molecule has 0 bridgehead atoms. The molecule has 0 aliphatic rings. The van der Waals surface area contributed by atoms with Gasteiger partial charge in [0, 0.05) is 25.2 Å². The van der Waals surface area contributed by atoms with Crippen molar-refractivity contribution in [3.8, 4) is 0 Å². The molecule has 1 amide bonds. The van der Waals surface area contributed by atoms with Crippen LogP contribution in [-0.2, 0) is 11.0 Å². The number of hydrogen-bond acceptors (Lipinski definition) is 2. The highest BCUT2D eigenvalue weighted by atomic mass is 19.4. The Labute approximate surface area is 109 Å². The van der Waals surface area contributed by atoms with E-state index in [0.29, 0.717) is 18.8 Å². The third-order valence-corrected chi connectivity index (χ3v) is 2.34. The summed E-state index contributed by atoms with van der Waals surface area (Å²) in [5.41, 5.74) is -0.147. The highest BCUT2D eigenvalue weighted by Gasteiger charge is 2.29. The third kappa shape index (κ3) is 5.46. The lowest BCUT2D eigenvalue weighted by Crippen LogP contribution is -2.25. The van der Waals surface area contributed by atoms with Crippen molar-refractivity contribution >= 4 is 11.6 Å². The van der Waals surface area contributed by atoms with Gasteiger partial charge in [0.2, 0.25) is 5.91 Å². The van der Waals surface area contributed by atoms with Crippen LogP contribution in [0.1, 0.15) is 12.0 Å². The van der Waals surface area contributed by atoms with Crippen molar-refractivity contribution < 1.29 is 18.0 Å². The van der Waals surface area contributed by atoms with E-state index in [0.717, 1.165) is 12.1 Å². The number of benzene rings is 1. The van der Waals surface area contributed by atoms with Crippen LogP contribution >= 0.6 is 0 Å². The van der Waals surface area contributed by atoms with E-state index in [9.17, 15) is 18.0 Å².